The lowest BCUT2D eigenvalue weighted by Gasteiger charge is -2.34. The van der Waals surface area contributed by atoms with Gasteiger partial charge in [0.25, 0.3) is 0 Å². The van der Waals surface area contributed by atoms with Gasteiger partial charge in [-0.3, -0.25) is 0 Å². The van der Waals surface area contributed by atoms with Crippen LogP contribution < -0.4 is 0 Å². The van der Waals surface area contributed by atoms with E-state index >= 15 is 0 Å². The Morgan fingerprint density at radius 2 is 1.74 bits per heavy atom. The number of hydrogen-bond donors (Lipinski definition) is 1. The summed E-state index contributed by atoms with van der Waals surface area (Å²) in [5.41, 5.74) is 0.861. The average molecular weight is 376 g/mol. The van der Waals surface area contributed by atoms with Gasteiger partial charge in [-0.1, -0.05) is 57.0 Å². The van der Waals surface area contributed by atoms with Crippen molar-refractivity contribution in [3.05, 3.63) is 47.7 Å². The van der Waals surface area contributed by atoms with Crippen LogP contribution in [0, 0.1) is 0 Å². The number of carbonyl (C=O) groups is 2. The third-order valence-electron chi connectivity index (χ3n) is 4.34. The molecule has 0 bridgehead atoms. The molecule has 0 saturated carbocycles. The minimum atomic E-state index is -2.22. The van der Waals surface area contributed by atoms with Crippen molar-refractivity contribution in [2.75, 3.05) is 13.2 Å². The molecule has 1 aromatic rings. The molecule has 6 heteroatoms. The first-order valence-corrected chi connectivity index (χ1v) is 9.52. The molecular weight excluding hydrogens is 348 g/mol. The lowest BCUT2D eigenvalue weighted by Crippen LogP contribution is -2.47. The summed E-state index contributed by atoms with van der Waals surface area (Å²) in [4.78, 5) is 24.8. The summed E-state index contributed by atoms with van der Waals surface area (Å²) >= 11 is 0. The lowest BCUT2D eigenvalue weighted by molar-refractivity contribution is -0.224. The molecule has 2 unspecified atom stereocenters. The predicted molar refractivity (Wildman–Crippen MR) is 99.7 cm³/mol. The first-order chi connectivity index (χ1) is 13.0. The van der Waals surface area contributed by atoms with Crippen molar-refractivity contribution in [1.82, 2.24) is 0 Å². The Balaban J connectivity index is 2.21. The van der Waals surface area contributed by atoms with Gasteiger partial charge in [-0.05, 0) is 24.5 Å². The van der Waals surface area contributed by atoms with Crippen molar-refractivity contribution in [2.24, 2.45) is 0 Å². The minimum Gasteiger partial charge on any atom is -0.461 e. The van der Waals surface area contributed by atoms with E-state index in [4.69, 9.17) is 14.2 Å². The number of benzene rings is 1. The molecule has 0 aliphatic carbocycles. The molecule has 1 N–H and O–H groups in total. The Bertz CT molecular complexity index is 654. The second-order valence-corrected chi connectivity index (χ2v) is 6.62. The third-order valence-corrected chi connectivity index (χ3v) is 4.34. The Morgan fingerprint density at radius 1 is 1.11 bits per heavy atom. The zero-order valence-corrected chi connectivity index (χ0v) is 16.0. The van der Waals surface area contributed by atoms with Crippen LogP contribution in [0.5, 0.6) is 0 Å². The lowest BCUT2D eigenvalue weighted by atomic mass is 9.89. The molecule has 0 radical (unpaired) electrons. The first-order valence-electron chi connectivity index (χ1n) is 9.52. The van der Waals surface area contributed by atoms with E-state index in [1.54, 1.807) is 6.08 Å². The van der Waals surface area contributed by atoms with Gasteiger partial charge in [0.15, 0.2) is 0 Å². The van der Waals surface area contributed by atoms with Crippen molar-refractivity contribution in [3.63, 3.8) is 0 Å². The number of esters is 2. The normalized spacial score (nSPS) is 21.7. The van der Waals surface area contributed by atoms with E-state index in [2.05, 4.69) is 0 Å². The summed E-state index contributed by atoms with van der Waals surface area (Å²) in [6.07, 6.45) is 4.71. The Labute approximate surface area is 160 Å². The van der Waals surface area contributed by atoms with Crippen molar-refractivity contribution in [1.29, 1.82) is 0 Å². The summed E-state index contributed by atoms with van der Waals surface area (Å²) in [6, 6.07) is 9.33. The van der Waals surface area contributed by atoms with E-state index in [1.165, 1.54) is 0 Å². The highest BCUT2D eigenvalue weighted by molar-refractivity contribution is 5.88. The van der Waals surface area contributed by atoms with Gasteiger partial charge in [0.05, 0.1) is 13.2 Å². The Hall–Kier alpha value is -2.34. The Morgan fingerprint density at radius 3 is 2.37 bits per heavy atom. The van der Waals surface area contributed by atoms with E-state index in [9.17, 15) is 14.7 Å². The van der Waals surface area contributed by atoms with Crippen LogP contribution in [0.2, 0.25) is 0 Å². The van der Waals surface area contributed by atoms with Crippen molar-refractivity contribution >= 4 is 11.9 Å². The van der Waals surface area contributed by atoms with E-state index in [0.29, 0.717) is 6.42 Å². The molecule has 0 amide bonds. The van der Waals surface area contributed by atoms with Crippen molar-refractivity contribution < 1.29 is 28.9 Å². The molecule has 1 aliphatic rings. The maximum atomic E-state index is 12.4. The number of unbranched alkanes of at least 4 members (excludes halogenated alkanes) is 2. The summed E-state index contributed by atoms with van der Waals surface area (Å²) in [6.45, 7) is 4.40. The molecule has 0 fully saturated rings. The number of carbonyl (C=O) groups excluding carboxylic acids is 2. The number of rotatable bonds is 9. The van der Waals surface area contributed by atoms with Crippen LogP contribution in [-0.4, -0.2) is 36.0 Å². The largest absolute Gasteiger partial charge is 0.461 e. The molecule has 1 aromatic carbocycles. The smallest absolute Gasteiger partial charge is 0.379 e. The van der Waals surface area contributed by atoms with Gasteiger partial charge in [-0.2, -0.15) is 0 Å². The fourth-order valence-corrected chi connectivity index (χ4v) is 2.75. The van der Waals surface area contributed by atoms with Crippen LogP contribution in [0.4, 0.5) is 0 Å². The van der Waals surface area contributed by atoms with Crippen LogP contribution >= 0.6 is 0 Å². The number of ether oxygens (including phenoxy) is 3. The maximum absolute atomic E-state index is 12.4. The minimum absolute atomic E-state index is 0.0340. The van der Waals surface area contributed by atoms with Gasteiger partial charge in [0.2, 0.25) is 5.76 Å². The summed E-state index contributed by atoms with van der Waals surface area (Å²) in [7, 11) is 0. The zero-order valence-electron chi connectivity index (χ0n) is 16.0. The summed E-state index contributed by atoms with van der Waals surface area (Å²) < 4.78 is 15.7. The van der Waals surface area contributed by atoms with E-state index in [0.717, 1.165) is 24.8 Å². The van der Waals surface area contributed by atoms with Crippen molar-refractivity contribution in [3.8, 4) is 0 Å². The number of allylic oxidation sites excluding steroid dienone is 1. The standard InChI is InChI=1S/C21H28O6/c1-3-5-12-25-19(22)18-14-17(16-10-8-7-9-11-16)15-21(24,27-18)20(23)26-13-6-4-2/h7-11,14,17,24H,3-6,12-13,15H2,1-2H3. The topological polar surface area (TPSA) is 82.1 Å². The van der Waals surface area contributed by atoms with Gasteiger partial charge >= 0.3 is 17.7 Å². The van der Waals surface area contributed by atoms with Gasteiger partial charge in [0, 0.05) is 12.3 Å². The second kappa shape index (κ2) is 10.1. The van der Waals surface area contributed by atoms with E-state index < -0.39 is 17.7 Å². The molecule has 0 aromatic heterocycles. The fourth-order valence-electron chi connectivity index (χ4n) is 2.75. The van der Waals surface area contributed by atoms with Gasteiger partial charge < -0.3 is 19.3 Å². The van der Waals surface area contributed by atoms with E-state index in [-0.39, 0.29) is 31.3 Å². The molecule has 0 saturated heterocycles. The highest BCUT2D eigenvalue weighted by Crippen LogP contribution is 2.36. The maximum Gasteiger partial charge on any atom is 0.379 e. The zero-order chi connectivity index (χ0) is 19.7. The molecule has 1 aliphatic heterocycles. The molecule has 148 valence electrons. The average Bonchev–Trinajstić information content (AvgIpc) is 2.68. The highest BCUT2D eigenvalue weighted by atomic mass is 16.7. The monoisotopic (exact) mass is 376 g/mol. The predicted octanol–water partition coefficient (Wildman–Crippen LogP) is 3.45. The van der Waals surface area contributed by atoms with Crippen LogP contribution in [0.1, 0.15) is 57.4 Å². The third kappa shape index (κ3) is 5.82. The molecule has 2 rings (SSSR count). The van der Waals surface area contributed by atoms with Gasteiger partial charge in [-0.25, -0.2) is 9.59 Å². The Kier molecular flexibility index (Phi) is 7.85. The van der Waals surface area contributed by atoms with Gasteiger partial charge in [-0.15, -0.1) is 0 Å². The molecule has 0 spiro atoms. The summed E-state index contributed by atoms with van der Waals surface area (Å²) in [5, 5.41) is 10.8. The van der Waals surface area contributed by atoms with Crippen molar-refractivity contribution in [2.45, 2.75) is 57.7 Å². The molecule has 1 heterocycles. The fraction of sp³-hybridized carbons (Fsp3) is 0.524. The second-order valence-electron chi connectivity index (χ2n) is 6.62. The van der Waals surface area contributed by atoms with Crippen LogP contribution in [0.15, 0.2) is 42.2 Å². The number of hydrogen-bond acceptors (Lipinski definition) is 6. The van der Waals surface area contributed by atoms with Crippen LogP contribution in [0.25, 0.3) is 0 Å². The SMILES string of the molecule is CCCCOC(=O)C1=CC(c2ccccc2)CC(O)(C(=O)OCCCC)O1. The molecule has 27 heavy (non-hydrogen) atoms. The first kappa shape index (κ1) is 21.0. The van der Waals surface area contributed by atoms with Gasteiger partial charge in [0.1, 0.15) is 0 Å². The van der Waals surface area contributed by atoms with Crippen LogP contribution in [0.3, 0.4) is 0 Å². The van der Waals surface area contributed by atoms with Crippen LogP contribution in [-0.2, 0) is 23.8 Å². The number of aliphatic hydroxyl groups is 1. The molecular formula is C21H28O6. The summed E-state index contributed by atoms with van der Waals surface area (Å²) in [5.74, 6) is -4.34. The quantitative estimate of drug-likeness (QED) is 0.525. The highest BCUT2D eigenvalue weighted by Gasteiger charge is 2.47. The molecule has 6 nitrogen and oxygen atoms in total. The molecule has 2 atom stereocenters. The van der Waals surface area contributed by atoms with E-state index in [1.807, 2.05) is 44.2 Å².